The summed E-state index contributed by atoms with van der Waals surface area (Å²) < 4.78 is 38.9. The van der Waals surface area contributed by atoms with E-state index in [-0.39, 0.29) is 103 Å². The highest BCUT2D eigenvalue weighted by Gasteiger charge is 2.50. The monoisotopic (exact) mass is 1260 g/mol. The first-order valence-electron chi connectivity index (χ1n) is 28.9. The van der Waals surface area contributed by atoms with Gasteiger partial charge < -0.3 is 99.0 Å². The molecular weight excluding hydrogens is 1180 g/mol. The molecule has 31 nitrogen and oxygen atoms in total. The normalized spacial score (nSPS) is 20.4. The van der Waals surface area contributed by atoms with Crippen LogP contribution in [0, 0.1) is 0 Å². The second kappa shape index (κ2) is 30.6. The van der Waals surface area contributed by atoms with Gasteiger partial charge in [0.05, 0.1) is 68.8 Å². The highest BCUT2D eigenvalue weighted by Crippen LogP contribution is 2.43. The van der Waals surface area contributed by atoms with Crippen LogP contribution in [0.2, 0.25) is 0 Å². The van der Waals surface area contributed by atoms with Crippen molar-refractivity contribution in [1.82, 2.24) is 44.6 Å². The summed E-state index contributed by atoms with van der Waals surface area (Å²) in [5.41, 5.74) is 2.22. The summed E-state index contributed by atoms with van der Waals surface area (Å²) in [7, 11) is 8.67. The molecule has 0 radical (unpaired) electrons. The number of ether oxygens (including phenoxy) is 6. The van der Waals surface area contributed by atoms with E-state index < -0.39 is 90.9 Å². The van der Waals surface area contributed by atoms with Crippen molar-refractivity contribution in [1.29, 1.82) is 0 Å². The number of carbonyl (C=O) groups is 7. The first-order chi connectivity index (χ1) is 43.1. The molecule has 8 atom stereocenters. The number of carbonyl (C=O) groups excluding carboxylic acids is 6. The first kappa shape index (κ1) is 67.1. The summed E-state index contributed by atoms with van der Waals surface area (Å²) in [4.78, 5) is 102. The van der Waals surface area contributed by atoms with E-state index in [4.69, 9.17) is 34.3 Å². The maximum atomic E-state index is 14.5. The lowest BCUT2D eigenvalue weighted by atomic mass is 9.86. The predicted octanol–water partition coefficient (Wildman–Crippen LogP) is 0.279. The Morgan fingerprint density at radius 3 is 2.19 bits per heavy atom. The number of aliphatic hydroxyl groups is 4. The lowest BCUT2D eigenvalue weighted by Crippen LogP contribution is -2.61. The number of methoxy groups -OCH3 is 1. The van der Waals surface area contributed by atoms with Crippen LogP contribution in [0.15, 0.2) is 73.2 Å². The molecule has 3 aromatic heterocycles. The van der Waals surface area contributed by atoms with E-state index in [0.29, 0.717) is 55.0 Å². The Morgan fingerprint density at radius 1 is 0.778 bits per heavy atom. The number of nitrogens with zero attached hydrogens (tertiary/aromatic N) is 7. The number of carboxylic acids is 1. The SMILES string of the molecule is C=C1C[C@H]2C(O)C(C(=O)OCc3ccc(O[C@@H]4O[C@H](C(=O)O)[C@@H](O)[C@H](O)[C@H]4O)c(C(=O)NCCOCCON)c3)c3cc(OCCCCCn4cc(C(=O)Nc5cc(C(=O)Nc6cc(C(=O)NCCCN(C)C)n(C)c6)n(C)c5)nn4)c(OC)cc3C(=O)N2C1. The molecule has 2 saturated heterocycles. The Hall–Kier alpha value is -8.79. The number of esters is 1. The van der Waals surface area contributed by atoms with Crippen LogP contribution in [0.1, 0.15) is 101 Å². The third-order valence-electron chi connectivity index (χ3n) is 15.2. The number of nitrogens with two attached hydrogens (primary N) is 1. The zero-order valence-corrected chi connectivity index (χ0v) is 50.4. The molecule has 2 aromatic carbocycles. The van der Waals surface area contributed by atoms with Crippen molar-refractivity contribution in [2.45, 2.75) is 94.0 Å². The Morgan fingerprint density at radius 2 is 1.49 bits per heavy atom. The third kappa shape index (κ3) is 16.3. The summed E-state index contributed by atoms with van der Waals surface area (Å²) in [6.45, 7) is 5.73. The van der Waals surface area contributed by atoms with Crippen LogP contribution in [-0.2, 0) is 55.9 Å². The summed E-state index contributed by atoms with van der Waals surface area (Å²) >= 11 is 0. The van der Waals surface area contributed by atoms with Gasteiger partial charge in [0.2, 0.25) is 6.29 Å². The average molecular weight is 1260 g/mol. The standard InChI is InChI=1S/C59H76N12O19/c1-32-21-40-47(72)46(58(83)87-31-33-11-12-43(38(22-33)52(76)62-14-18-85-19-20-88-60)89-59-50(75)48(73)49(74)51(90-59)57(81)82)36-25-45(44(84-6)26-37(36)56(80)71(40)27-32)86-17-9-7-8-16-70-30-39(65-66-70)53(77)63-34-24-42(69(5)28-34)55(79)64-35-23-41(68(4)29-35)54(78)61-13-10-15-67(2)3/h11-12,22-26,28-30,40,46-51,59,72-75H,1,7-10,13-21,27,31,60H2,2-6H3,(H,61,78)(H,62,76)(H,63,77)(H,64,79)(H,81,82)/t40-,46?,47?,48-,49-,50+,51-,59+/m0/s1. The van der Waals surface area contributed by atoms with Gasteiger partial charge >= 0.3 is 11.9 Å². The molecule has 5 aromatic rings. The molecule has 2 unspecified atom stereocenters. The number of fused-ring (bicyclic) bond motifs is 2. The fraction of sp³-hybridized carbons (Fsp3) is 0.475. The minimum atomic E-state index is -2.01. The molecule has 11 N–H and O–H groups in total. The maximum Gasteiger partial charge on any atom is 0.335 e. The number of amides is 5. The fourth-order valence-electron chi connectivity index (χ4n) is 10.5. The highest BCUT2D eigenvalue weighted by atomic mass is 16.7. The molecule has 90 heavy (non-hydrogen) atoms. The van der Waals surface area contributed by atoms with Crippen molar-refractivity contribution in [2.75, 3.05) is 84.4 Å². The van der Waals surface area contributed by atoms with E-state index in [1.807, 2.05) is 19.0 Å². The number of hydrogen-bond acceptors (Lipinski definition) is 22. The van der Waals surface area contributed by atoms with Gasteiger partial charge in [0.1, 0.15) is 48.0 Å². The van der Waals surface area contributed by atoms with Crippen LogP contribution < -0.4 is 41.4 Å². The molecule has 3 aliphatic rings. The van der Waals surface area contributed by atoms with Crippen molar-refractivity contribution in [3.63, 3.8) is 0 Å². The number of aliphatic hydroxyl groups excluding tert-OH is 4. The summed E-state index contributed by atoms with van der Waals surface area (Å²) in [5.74, 6) is -1.48. The molecule has 31 heteroatoms. The molecule has 486 valence electrons. The van der Waals surface area contributed by atoms with Gasteiger partial charge in [-0.05, 0) is 100 Å². The number of aryl methyl sites for hydroxylation is 3. The zero-order chi connectivity index (χ0) is 64.9. The second-order valence-electron chi connectivity index (χ2n) is 22.1. The van der Waals surface area contributed by atoms with Gasteiger partial charge in [-0.15, -0.1) is 5.10 Å². The Kier molecular flexibility index (Phi) is 22.8. The van der Waals surface area contributed by atoms with Crippen LogP contribution >= 0.6 is 0 Å². The first-order valence-corrected chi connectivity index (χ1v) is 28.9. The van der Waals surface area contributed by atoms with Gasteiger partial charge in [-0.1, -0.05) is 23.4 Å². The lowest BCUT2D eigenvalue weighted by Gasteiger charge is -2.38. The average Bonchev–Trinajstić information content (AvgIpc) is 1.62. The maximum absolute atomic E-state index is 14.5. The fourth-order valence-corrected chi connectivity index (χ4v) is 10.5. The molecule has 0 bridgehead atoms. The zero-order valence-electron chi connectivity index (χ0n) is 50.4. The van der Waals surface area contributed by atoms with Gasteiger partial charge in [-0.25, -0.2) is 10.7 Å². The highest BCUT2D eigenvalue weighted by molar-refractivity contribution is 6.07. The number of aliphatic carboxylic acids is 1. The molecule has 3 aliphatic heterocycles. The number of rotatable bonds is 30. The van der Waals surface area contributed by atoms with Gasteiger partial charge in [0.25, 0.3) is 29.5 Å². The number of aromatic nitrogens is 5. The van der Waals surface area contributed by atoms with Crippen LogP contribution in [0.5, 0.6) is 17.2 Å². The molecule has 5 amide bonds. The Labute approximate surface area is 516 Å². The summed E-state index contributed by atoms with van der Waals surface area (Å²) in [6.07, 6.45) is -3.96. The van der Waals surface area contributed by atoms with Crippen LogP contribution in [-0.4, -0.2) is 218 Å². The van der Waals surface area contributed by atoms with Crippen LogP contribution in [0.4, 0.5) is 11.4 Å². The van der Waals surface area contributed by atoms with Gasteiger partial charge in [-0.2, -0.15) is 0 Å². The number of benzene rings is 2. The molecule has 0 aliphatic carbocycles. The van der Waals surface area contributed by atoms with E-state index in [0.717, 1.165) is 13.0 Å². The number of hydrogen-bond donors (Lipinski definition) is 10. The number of anilines is 2. The molecule has 2 fully saturated rings. The minimum absolute atomic E-state index is 0.0268. The van der Waals surface area contributed by atoms with E-state index >= 15 is 0 Å². The van der Waals surface area contributed by atoms with Crippen molar-refractivity contribution < 1.29 is 92.4 Å². The number of carboxylic acid groups (broad SMARTS) is 1. The van der Waals surface area contributed by atoms with Crippen LogP contribution in [0.3, 0.4) is 0 Å². The predicted molar refractivity (Wildman–Crippen MR) is 316 cm³/mol. The Bertz CT molecular complexity index is 3420. The van der Waals surface area contributed by atoms with Crippen LogP contribution in [0.25, 0.3) is 0 Å². The summed E-state index contributed by atoms with van der Waals surface area (Å²) in [6, 6.07) is 9.08. The van der Waals surface area contributed by atoms with Gasteiger partial charge in [-0.3, -0.25) is 33.4 Å². The number of unbranched alkanes of at least 4 members (excludes halogenated alkanes) is 2. The van der Waals surface area contributed by atoms with E-state index in [1.165, 1.54) is 59.3 Å². The van der Waals surface area contributed by atoms with Gasteiger partial charge in [0, 0.05) is 58.2 Å². The molecule has 8 rings (SSSR count). The minimum Gasteiger partial charge on any atom is -0.493 e. The molecule has 0 spiro atoms. The number of nitrogens with one attached hydrogen (secondary N) is 4. The largest absolute Gasteiger partial charge is 0.493 e. The van der Waals surface area contributed by atoms with E-state index in [9.17, 15) is 59.1 Å². The quantitative estimate of drug-likeness (QED) is 0.0128. The third-order valence-corrected chi connectivity index (χ3v) is 15.2. The smallest absolute Gasteiger partial charge is 0.335 e. The van der Waals surface area contributed by atoms with E-state index in [1.54, 1.807) is 41.7 Å². The second-order valence-corrected chi connectivity index (χ2v) is 22.1. The van der Waals surface area contributed by atoms with Crippen molar-refractivity contribution >= 4 is 52.8 Å². The molecule has 6 heterocycles. The van der Waals surface area contributed by atoms with E-state index in [2.05, 4.69) is 43.0 Å². The van der Waals surface area contributed by atoms with Crippen molar-refractivity contribution in [3.8, 4) is 17.2 Å². The van der Waals surface area contributed by atoms with Gasteiger partial charge in [0.15, 0.2) is 23.3 Å². The van der Waals surface area contributed by atoms with Crippen molar-refractivity contribution in [3.05, 3.63) is 113 Å². The topological polar surface area (TPSA) is 406 Å². The Balaban J connectivity index is 0.881. The summed E-state index contributed by atoms with van der Waals surface area (Å²) in [5, 5.41) is 72.2. The molecular formula is C59H76N12O19. The molecule has 0 saturated carbocycles. The van der Waals surface area contributed by atoms with Crippen molar-refractivity contribution in [2.24, 2.45) is 20.0 Å². The lowest BCUT2D eigenvalue weighted by molar-refractivity contribution is -0.271.